The molecule has 0 amide bonds. The molecule has 0 saturated heterocycles. The third-order valence-electron chi connectivity index (χ3n) is 1.71. The van der Waals surface area contributed by atoms with Gasteiger partial charge in [0.2, 0.25) is 0 Å². The van der Waals surface area contributed by atoms with Gasteiger partial charge in [0.15, 0.2) is 0 Å². The van der Waals surface area contributed by atoms with Gasteiger partial charge in [-0.1, -0.05) is 0 Å². The molecule has 0 saturated carbocycles. The molecule has 0 spiro atoms. The quantitative estimate of drug-likeness (QED) is 0.671. The maximum absolute atomic E-state index is 8.65. The lowest BCUT2D eigenvalue weighted by Gasteiger charge is -1.94. The predicted molar refractivity (Wildman–Crippen MR) is 49.8 cm³/mol. The van der Waals surface area contributed by atoms with Crippen LogP contribution < -0.4 is 0 Å². The topological polar surface area (TPSA) is 28.2 Å². The third-order valence-corrected chi connectivity index (χ3v) is 2.38. The Morgan fingerprint density at radius 3 is 3.00 bits per heavy atom. The van der Waals surface area contributed by atoms with Crippen molar-refractivity contribution in [3.05, 3.63) is 40.6 Å². The van der Waals surface area contributed by atoms with Crippen molar-refractivity contribution in [1.82, 2.24) is 4.40 Å². The second-order valence-electron chi connectivity index (χ2n) is 2.49. The number of nitriles is 1. The summed E-state index contributed by atoms with van der Waals surface area (Å²) >= 11 is 3.41. The van der Waals surface area contributed by atoms with Crippen LogP contribution in [0.25, 0.3) is 5.52 Å². The first-order valence-corrected chi connectivity index (χ1v) is 4.27. The van der Waals surface area contributed by atoms with Gasteiger partial charge in [0.05, 0.1) is 11.1 Å². The minimum atomic E-state index is 0.682. The summed E-state index contributed by atoms with van der Waals surface area (Å²) in [6, 6.07) is 7.84. The van der Waals surface area contributed by atoms with E-state index in [-0.39, 0.29) is 0 Å². The zero-order valence-corrected chi connectivity index (χ0v) is 7.75. The molecule has 58 valence electrons. The minimum Gasteiger partial charge on any atom is -0.321 e. The van der Waals surface area contributed by atoms with Crippen LogP contribution in [0.2, 0.25) is 0 Å². The number of rotatable bonds is 0. The van der Waals surface area contributed by atoms with Crippen LogP contribution in [0.15, 0.2) is 35.1 Å². The van der Waals surface area contributed by atoms with Crippen molar-refractivity contribution in [3.8, 4) is 6.07 Å². The fourth-order valence-electron chi connectivity index (χ4n) is 1.16. The minimum absolute atomic E-state index is 0.682. The molecule has 0 N–H and O–H groups in total. The third kappa shape index (κ3) is 1.01. The van der Waals surface area contributed by atoms with Crippen LogP contribution >= 0.6 is 15.9 Å². The van der Waals surface area contributed by atoms with Crippen molar-refractivity contribution in [1.29, 1.82) is 5.26 Å². The molecular weight excluding hydrogens is 216 g/mol. The van der Waals surface area contributed by atoms with Gasteiger partial charge in [-0.2, -0.15) is 5.26 Å². The van der Waals surface area contributed by atoms with E-state index in [4.69, 9.17) is 5.26 Å². The normalized spacial score (nSPS) is 10.0. The molecule has 0 bridgehead atoms. The highest BCUT2D eigenvalue weighted by Crippen LogP contribution is 2.19. The zero-order chi connectivity index (χ0) is 8.55. The molecule has 0 atom stereocenters. The Kier molecular flexibility index (Phi) is 1.63. The number of aromatic nitrogens is 1. The first-order chi connectivity index (χ1) is 5.81. The predicted octanol–water partition coefficient (Wildman–Crippen LogP) is 2.57. The van der Waals surface area contributed by atoms with Crippen LogP contribution in [0.3, 0.4) is 0 Å². The molecule has 0 aromatic carbocycles. The fraction of sp³-hybridized carbons (Fsp3) is 0. The first-order valence-electron chi connectivity index (χ1n) is 3.47. The number of hydrogen-bond donors (Lipinski definition) is 0. The van der Waals surface area contributed by atoms with E-state index in [0.717, 1.165) is 9.99 Å². The second kappa shape index (κ2) is 2.65. The molecule has 2 rings (SSSR count). The number of fused-ring (bicyclic) bond motifs is 1. The summed E-state index contributed by atoms with van der Waals surface area (Å²) in [7, 11) is 0. The maximum Gasteiger partial charge on any atom is 0.101 e. The molecule has 0 aliphatic heterocycles. The van der Waals surface area contributed by atoms with Gasteiger partial charge in [-0.3, -0.25) is 0 Å². The van der Waals surface area contributed by atoms with Crippen molar-refractivity contribution >= 4 is 21.4 Å². The Balaban J connectivity index is 2.85. The molecule has 0 radical (unpaired) electrons. The van der Waals surface area contributed by atoms with Crippen molar-refractivity contribution in [2.45, 2.75) is 0 Å². The van der Waals surface area contributed by atoms with E-state index in [1.54, 1.807) is 6.20 Å². The zero-order valence-electron chi connectivity index (χ0n) is 6.16. The van der Waals surface area contributed by atoms with Crippen LogP contribution in [0.4, 0.5) is 0 Å². The SMILES string of the molecule is N#Cc1cc2c(Br)cccn2c1. The van der Waals surface area contributed by atoms with E-state index in [1.165, 1.54) is 0 Å². The van der Waals surface area contributed by atoms with Gasteiger partial charge in [0, 0.05) is 16.9 Å². The monoisotopic (exact) mass is 220 g/mol. The summed E-state index contributed by atoms with van der Waals surface area (Å²) in [6.45, 7) is 0. The molecule has 2 aromatic heterocycles. The number of nitrogens with zero attached hydrogens (tertiary/aromatic N) is 2. The summed E-state index contributed by atoms with van der Waals surface area (Å²) in [5, 5.41) is 8.65. The molecule has 2 aromatic rings. The summed E-state index contributed by atoms with van der Waals surface area (Å²) < 4.78 is 2.93. The molecule has 0 fully saturated rings. The Morgan fingerprint density at radius 2 is 2.33 bits per heavy atom. The van der Waals surface area contributed by atoms with Crippen LogP contribution in [0, 0.1) is 11.3 Å². The number of pyridine rings is 1. The molecule has 12 heavy (non-hydrogen) atoms. The van der Waals surface area contributed by atoms with Crippen molar-refractivity contribution in [2.75, 3.05) is 0 Å². The summed E-state index contributed by atoms with van der Waals surface area (Å²) in [5.41, 5.74) is 1.70. The molecule has 0 aliphatic carbocycles. The average molecular weight is 221 g/mol. The van der Waals surface area contributed by atoms with Gasteiger partial charge in [-0.15, -0.1) is 0 Å². The van der Waals surface area contributed by atoms with Gasteiger partial charge in [-0.25, -0.2) is 0 Å². The Labute approximate surface area is 78.2 Å². The standard InChI is InChI=1S/C9H5BrN2/c10-8-2-1-3-12-6-7(5-11)4-9(8)12/h1-4,6H. The van der Waals surface area contributed by atoms with Crippen molar-refractivity contribution < 1.29 is 0 Å². The lowest BCUT2D eigenvalue weighted by molar-refractivity contribution is 1.19. The van der Waals surface area contributed by atoms with E-state index in [1.807, 2.05) is 28.8 Å². The van der Waals surface area contributed by atoms with Crippen molar-refractivity contribution in [2.24, 2.45) is 0 Å². The Bertz CT molecular complexity index is 465. The Morgan fingerprint density at radius 1 is 1.50 bits per heavy atom. The van der Waals surface area contributed by atoms with Gasteiger partial charge in [0.1, 0.15) is 6.07 Å². The van der Waals surface area contributed by atoms with E-state index < -0.39 is 0 Å². The summed E-state index contributed by atoms with van der Waals surface area (Å²) in [4.78, 5) is 0. The van der Waals surface area contributed by atoms with E-state index in [2.05, 4.69) is 22.0 Å². The van der Waals surface area contributed by atoms with Gasteiger partial charge >= 0.3 is 0 Å². The first kappa shape index (κ1) is 7.38. The highest BCUT2D eigenvalue weighted by Gasteiger charge is 2.00. The lowest BCUT2D eigenvalue weighted by Crippen LogP contribution is -1.79. The highest BCUT2D eigenvalue weighted by atomic mass is 79.9. The Hall–Kier alpha value is -1.27. The van der Waals surface area contributed by atoms with Gasteiger partial charge < -0.3 is 4.40 Å². The fourth-order valence-corrected chi connectivity index (χ4v) is 1.63. The van der Waals surface area contributed by atoms with Gasteiger partial charge in [-0.05, 0) is 34.1 Å². The molecule has 0 aliphatic rings. The van der Waals surface area contributed by atoms with Crippen LogP contribution in [0.1, 0.15) is 5.56 Å². The lowest BCUT2D eigenvalue weighted by atomic mass is 10.3. The average Bonchev–Trinajstić information content (AvgIpc) is 2.49. The van der Waals surface area contributed by atoms with Crippen LogP contribution in [-0.4, -0.2) is 4.40 Å². The molecule has 2 nitrogen and oxygen atoms in total. The summed E-state index contributed by atoms with van der Waals surface area (Å²) in [6.07, 6.45) is 3.72. The molecular formula is C9H5BrN2. The second-order valence-corrected chi connectivity index (χ2v) is 3.34. The number of halogens is 1. The van der Waals surface area contributed by atoms with Crippen LogP contribution in [-0.2, 0) is 0 Å². The van der Waals surface area contributed by atoms with Gasteiger partial charge in [0.25, 0.3) is 0 Å². The van der Waals surface area contributed by atoms with E-state index in [0.29, 0.717) is 5.56 Å². The number of hydrogen-bond acceptors (Lipinski definition) is 1. The summed E-state index contributed by atoms with van der Waals surface area (Å²) in [5.74, 6) is 0. The molecule has 0 unspecified atom stereocenters. The van der Waals surface area contributed by atoms with Crippen molar-refractivity contribution in [3.63, 3.8) is 0 Å². The smallest absolute Gasteiger partial charge is 0.101 e. The maximum atomic E-state index is 8.65. The largest absolute Gasteiger partial charge is 0.321 e. The highest BCUT2D eigenvalue weighted by molar-refractivity contribution is 9.10. The molecule has 3 heteroatoms. The van der Waals surface area contributed by atoms with E-state index in [9.17, 15) is 0 Å². The van der Waals surface area contributed by atoms with E-state index >= 15 is 0 Å². The molecule has 2 heterocycles. The van der Waals surface area contributed by atoms with Crippen LogP contribution in [0.5, 0.6) is 0 Å².